The number of benzene rings is 1. The minimum absolute atomic E-state index is 0.0527. The molecular weight excluding hydrogens is 371 g/mol. The first-order valence-electron chi connectivity index (χ1n) is 6.14. The summed E-state index contributed by atoms with van der Waals surface area (Å²) in [6, 6.07) is 3.80. The number of anilines is 1. The van der Waals surface area contributed by atoms with Gasteiger partial charge in [0.25, 0.3) is 0 Å². The standard InChI is InChI=1S/C13H11BrF3NO4/c1-21-12(20)7-4-11(19)18(6-7)9-5-8(14)2-3-10(9)22-13(15,16)17/h2-3,5,7H,4,6H2,1H3. The molecule has 22 heavy (non-hydrogen) atoms. The molecule has 0 bridgehead atoms. The van der Waals surface area contributed by atoms with Gasteiger partial charge in [0.2, 0.25) is 5.91 Å². The number of amides is 1. The van der Waals surface area contributed by atoms with E-state index in [1.54, 1.807) is 0 Å². The number of alkyl halides is 3. The van der Waals surface area contributed by atoms with E-state index in [0.29, 0.717) is 4.47 Å². The minimum atomic E-state index is -4.88. The number of hydrogen-bond acceptors (Lipinski definition) is 4. The van der Waals surface area contributed by atoms with Gasteiger partial charge in [-0.05, 0) is 18.2 Å². The predicted octanol–water partition coefficient (Wildman–Crippen LogP) is 2.87. The molecule has 1 unspecified atom stereocenters. The molecule has 0 aliphatic carbocycles. The predicted molar refractivity (Wildman–Crippen MR) is 73.3 cm³/mol. The second-order valence-electron chi connectivity index (χ2n) is 4.59. The third-order valence-electron chi connectivity index (χ3n) is 3.10. The van der Waals surface area contributed by atoms with Crippen LogP contribution in [-0.4, -0.2) is 31.9 Å². The number of halogens is 4. The molecule has 1 atom stereocenters. The zero-order valence-corrected chi connectivity index (χ0v) is 12.9. The van der Waals surface area contributed by atoms with Gasteiger partial charge in [-0.25, -0.2) is 0 Å². The molecule has 0 spiro atoms. The van der Waals surface area contributed by atoms with Crippen molar-refractivity contribution in [3.8, 4) is 5.75 Å². The smallest absolute Gasteiger partial charge is 0.469 e. The van der Waals surface area contributed by atoms with Crippen LogP contribution in [0.4, 0.5) is 18.9 Å². The Bertz CT molecular complexity index is 605. The van der Waals surface area contributed by atoms with Crippen molar-refractivity contribution < 1.29 is 32.2 Å². The number of methoxy groups -OCH3 is 1. The second-order valence-corrected chi connectivity index (χ2v) is 5.50. The average molecular weight is 382 g/mol. The highest BCUT2D eigenvalue weighted by Gasteiger charge is 2.39. The first-order valence-corrected chi connectivity index (χ1v) is 6.94. The molecule has 1 saturated heterocycles. The van der Waals surface area contributed by atoms with E-state index in [1.807, 2.05) is 0 Å². The summed E-state index contributed by atoms with van der Waals surface area (Å²) in [6.07, 6.45) is -5.00. The van der Waals surface area contributed by atoms with Crippen LogP contribution in [0, 0.1) is 5.92 Å². The van der Waals surface area contributed by atoms with E-state index in [4.69, 9.17) is 0 Å². The van der Waals surface area contributed by atoms with Gasteiger partial charge < -0.3 is 14.4 Å². The molecule has 0 aromatic heterocycles. The summed E-state index contributed by atoms with van der Waals surface area (Å²) in [5, 5.41) is 0. The number of rotatable bonds is 3. The summed E-state index contributed by atoms with van der Waals surface area (Å²) in [5.74, 6) is -2.27. The third kappa shape index (κ3) is 3.70. The van der Waals surface area contributed by atoms with Crippen LogP contribution in [0.25, 0.3) is 0 Å². The largest absolute Gasteiger partial charge is 0.573 e. The van der Waals surface area contributed by atoms with Gasteiger partial charge in [-0.3, -0.25) is 9.59 Å². The lowest BCUT2D eigenvalue weighted by Gasteiger charge is -2.21. The summed E-state index contributed by atoms with van der Waals surface area (Å²) in [7, 11) is 1.19. The average Bonchev–Trinajstić information content (AvgIpc) is 2.80. The van der Waals surface area contributed by atoms with Crippen molar-refractivity contribution in [2.75, 3.05) is 18.6 Å². The van der Waals surface area contributed by atoms with Crippen LogP contribution in [0.3, 0.4) is 0 Å². The molecule has 0 radical (unpaired) electrons. The van der Waals surface area contributed by atoms with Gasteiger partial charge in [0.05, 0.1) is 18.7 Å². The van der Waals surface area contributed by atoms with E-state index in [9.17, 15) is 22.8 Å². The summed E-state index contributed by atoms with van der Waals surface area (Å²) in [5.41, 5.74) is -0.0527. The Morgan fingerprint density at radius 2 is 2.09 bits per heavy atom. The molecule has 120 valence electrons. The van der Waals surface area contributed by atoms with E-state index in [1.165, 1.54) is 19.2 Å². The Kier molecular flexibility index (Phi) is 4.64. The lowest BCUT2D eigenvalue weighted by atomic mass is 10.1. The Hall–Kier alpha value is -1.77. The van der Waals surface area contributed by atoms with E-state index in [0.717, 1.165) is 11.0 Å². The van der Waals surface area contributed by atoms with E-state index < -0.39 is 29.9 Å². The van der Waals surface area contributed by atoms with Crippen LogP contribution >= 0.6 is 15.9 Å². The highest BCUT2D eigenvalue weighted by Crippen LogP contribution is 2.38. The molecule has 0 N–H and O–H groups in total. The Morgan fingerprint density at radius 3 is 2.68 bits per heavy atom. The van der Waals surface area contributed by atoms with Crippen molar-refractivity contribution in [3.63, 3.8) is 0 Å². The van der Waals surface area contributed by atoms with Crippen molar-refractivity contribution in [3.05, 3.63) is 22.7 Å². The van der Waals surface area contributed by atoms with Crippen LogP contribution < -0.4 is 9.64 Å². The summed E-state index contributed by atoms with van der Waals surface area (Å²) in [6.45, 7) is -0.0593. The maximum absolute atomic E-state index is 12.5. The molecule has 1 amide bonds. The SMILES string of the molecule is COC(=O)C1CC(=O)N(c2cc(Br)ccc2OC(F)(F)F)C1. The van der Waals surface area contributed by atoms with E-state index in [-0.39, 0.29) is 18.7 Å². The zero-order chi connectivity index (χ0) is 16.5. The molecule has 0 saturated carbocycles. The summed E-state index contributed by atoms with van der Waals surface area (Å²) < 4.78 is 46.3. The Balaban J connectivity index is 2.33. The van der Waals surface area contributed by atoms with Crippen LogP contribution in [0.5, 0.6) is 5.75 Å². The molecule has 1 aromatic rings. The van der Waals surface area contributed by atoms with Crippen LogP contribution in [-0.2, 0) is 14.3 Å². The Morgan fingerprint density at radius 1 is 1.41 bits per heavy atom. The summed E-state index contributed by atoms with van der Waals surface area (Å²) in [4.78, 5) is 24.6. The molecular formula is C13H11BrF3NO4. The minimum Gasteiger partial charge on any atom is -0.469 e. The maximum atomic E-state index is 12.5. The fourth-order valence-corrected chi connectivity index (χ4v) is 2.53. The van der Waals surface area contributed by atoms with Crippen LogP contribution in [0.15, 0.2) is 22.7 Å². The van der Waals surface area contributed by atoms with E-state index >= 15 is 0 Å². The summed E-state index contributed by atoms with van der Waals surface area (Å²) >= 11 is 3.13. The lowest BCUT2D eigenvalue weighted by Crippen LogP contribution is -2.28. The number of carbonyl (C=O) groups excluding carboxylic acids is 2. The van der Waals surface area contributed by atoms with E-state index in [2.05, 4.69) is 25.4 Å². The molecule has 2 rings (SSSR count). The number of carbonyl (C=O) groups is 2. The normalized spacial score (nSPS) is 18.5. The Labute approximate surface area is 132 Å². The second kappa shape index (κ2) is 6.15. The topological polar surface area (TPSA) is 55.8 Å². The highest BCUT2D eigenvalue weighted by atomic mass is 79.9. The lowest BCUT2D eigenvalue weighted by molar-refractivity contribution is -0.274. The molecule has 1 aromatic carbocycles. The van der Waals surface area contributed by atoms with Gasteiger partial charge in [0.1, 0.15) is 0 Å². The molecule has 1 aliphatic rings. The maximum Gasteiger partial charge on any atom is 0.573 e. The molecule has 1 heterocycles. The first-order chi connectivity index (χ1) is 10.2. The molecule has 5 nitrogen and oxygen atoms in total. The van der Waals surface area contributed by atoms with Gasteiger partial charge in [-0.2, -0.15) is 0 Å². The first kappa shape index (κ1) is 16.6. The van der Waals surface area contributed by atoms with Crippen molar-refractivity contribution in [1.29, 1.82) is 0 Å². The molecule has 1 aliphatic heterocycles. The molecule has 9 heteroatoms. The van der Waals surface area contributed by atoms with Gasteiger partial charge in [0, 0.05) is 17.4 Å². The van der Waals surface area contributed by atoms with Crippen molar-refractivity contribution >= 4 is 33.5 Å². The fraction of sp³-hybridized carbons (Fsp3) is 0.385. The van der Waals surface area contributed by atoms with Crippen LogP contribution in [0.1, 0.15) is 6.42 Å². The third-order valence-corrected chi connectivity index (χ3v) is 3.59. The van der Waals surface area contributed by atoms with Crippen molar-refractivity contribution in [2.45, 2.75) is 12.8 Å². The van der Waals surface area contributed by atoms with Gasteiger partial charge in [0.15, 0.2) is 5.75 Å². The number of ether oxygens (including phenoxy) is 2. The highest BCUT2D eigenvalue weighted by molar-refractivity contribution is 9.10. The molecule has 1 fully saturated rings. The van der Waals surface area contributed by atoms with Crippen LogP contribution in [0.2, 0.25) is 0 Å². The van der Waals surface area contributed by atoms with Gasteiger partial charge >= 0.3 is 12.3 Å². The fourth-order valence-electron chi connectivity index (χ4n) is 2.18. The van der Waals surface area contributed by atoms with Gasteiger partial charge in [-0.1, -0.05) is 15.9 Å². The number of esters is 1. The van der Waals surface area contributed by atoms with Gasteiger partial charge in [-0.15, -0.1) is 13.2 Å². The monoisotopic (exact) mass is 381 g/mol. The van der Waals surface area contributed by atoms with Crippen molar-refractivity contribution in [2.24, 2.45) is 5.92 Å². The quantitative estimate of drug-likeness (QED) is 0.755. The number of hydrogen-bond donors (Lipinski definition) is 0. The zero-order valence-electron chi connectivity index (χ0n) is 11.3. The van der Waals surface area contributed by atoms with Crippen molar-refractivity contribution in [1.82, 2.24) is 0 Å². The number of nitrogens with zero attached hydrogens (tertiary/aromatic N) is 1.